The van der Waals surface area contributed by atoms with Crippen LogP contribution in [0.5, 0.6) is 0 Å². The van der Waals surface area contributed by atoms with Gasteiger partial charge in [0, 0.05) is 42.2 Å². The maximum Gasteiger partial charge on any atom is 0.224 e. The highest BCUT2D eigenvalue weighted by molar-refractivity contribution is 5.94. The third-order valence-electron chi connectivity index (χ3n) is 4.65. The minimum atomic E-state index is -0.366. The Kier molecular flexibility index (Phi) is 4.93. The molecule has 142 valence electrons. The van der Waals surface area contributed by atoms with Gasteiger partial charge in [0.1, 0.15) is 5.82 Å². The minimum Gasteiger partial charge on any atom is -0.441 e. The fraction of sp³-hybridized carbons (Fsp3) is 0.182. The van der Waals surface area contributed by atoms with E-state index in [1.807, 2.05) is 30.5 Å². The molecule has 4 rings (SSSR count). The summed E-state index contributed by atoms with van der Waals surface area (Å²) in [5.74, 6) is 0.276. The number of nitrogens with zero attached hydrogens (tertiary/aromatic N) is 2. The molecule has 2 aromatic heterocycles. The maximum atomic E-state index is 13.8. The predicted octanol–water partition coefficient (Wildman–Crippen LogP) is 5.03. The van der Waals surface area contributed by atoms with Gasteiger partial charge in [-0.05, 0) is 43.3 Å². The molecule has 1 N–H and O–H groups in total. The highest BCUT2D eigenvalue weighted by Crippen LogP contribution is 2.24. The molecule has 0 spiro atoms. The Morgan fingerprint density at radius 2 is 2.07 bits per heavy atom. The number of halogens is 1. The number of rotatable bonds is 6. The van der Waals surface area contributed by atoms with Crippen molar-refractivity contribution in [3.8, 4) is 11.3 Å². The summed E-state index contributed by atoms with van der Waals surface area (Å²) in [6.07, 6.45) is 4.09. The Morgan fingerprint density at radius 3 is 2.89 bits per heavy atom. The van der Waals surface area contributed by atoms with Crippen molar-refractivity contribution in [2.24, 2.45) is 0 Å². The van der Waals surface area contributed by atoms with Crippen LogP contribution in [0.25, 0.3) is 22.2 Å². The van der Waals surface area contributed by atoms with Crippen LogP contribution in [0.3, 0.4) is 0 Å². The molecule has 0 saturated heterocycles. The van der Waals surface area contributed by atoms with E-state index >= 15 is 0 Å². The van der Waals surface area contributed by atoms with E-state index in [9.17, 15) is 9.18 Å². The number of oxazole rings is 1. The summed E-state index contributed by atoms with van der Waals surface area (Å²) in [4.78, 5) is 16.4. The Labute approximate surface area is 161 Å². The van der Waals surface area contributed by atoms with Gasteiger partial charge in [0.2, 0.25) is 5.91 Å². The molecule has 0 radical (unpaired) electrons. The monoisotopic (exact) mass is 377 g/mol. The van der Waals surface area contributed by atoms with Crippen molar-refractivity contribution in [2.75, 3.05) is 5.32 Å². The number of amides is 1. The number of fused-ring (bicyclic) bond motifs is 1. The number of hydrogen-bond acceptors (Lipinski definition) is 3. The summed E-state index contributed by atoms with van der Waals surface area (Å²) in [6.45, 7) is 3.00. The molecule has 0 aliphatic heterocycles. The molecule has 1 amide bonds. The third-order valence-corrected chi connectivity index (χ3v) is 4.65. The van der Waals surface area contributed by atoms with Crippen molar-refractivity contribution >= 4 is 22.5 Å². The number of aromatic nitrogens is 2. The molecule has 2 heterocycles. The molecule has 0 bridgehead atoms. The molecule has 28 heavy (non-hydrogen) atoms. The number of hydrogen-bond donors (Lipinski definition) is 1. The van der Waals surface area contributed by atoms with Gasteiger partial charge in [-0.3, -0.25) is 4.79 Å². The molecule has 0 unspecified atom stereocenters. The minimum absolute atomic E-state index is 0.125. The van der Waals surface area contributed by atoms with Crippen molar-refractivity contribution in [1.82, 2.24) is 9.55 Å². The first-order valence-electron chi connectivity index (χ1n) is 9.22. The molecule has 0 atom stereocenters. The van der Waals surface area contributed by atoms with Crippen molar-refractivity contribution in [1.29, 1.82) is 0 Å². The van der Waals surface area contributed by atoms with E-state index in [0.29, 0.717) is 23.6 Å². The lowest BCUT2D eigenvalue weighted by atomic mass is 10.2. The second-order valence-electron chi connectivity index (χ2n) is 6.52. The highest BCUT2D eigenvalue weighted by atomic mass is 19.1. The zero-order valence-electron chi connectivity index (χ0n) is 15.5. The van der Waals surface area contributed by atoms with E-state index in [1.54, 1.807) is 18.2 Å². The van der Waals surface area contributed by atoms with E-state index in [4.69, 9.17) is 4.42 Å². The topological polar surface area (TPSA) is 60.1 Å². The Bertz CT molecular complexity index is 1130. The number of aryl methyl sites for hydroxylation is 2. The van der Waals surface area contributed by atoms with Gasteiger partial charge in [-0.15, -0.1) is 0 Å². The third kappa shape index (κ3) is 3.67. The average Bonchev–Trinajstić information content (AvgIpc) is 3.33. The highest BCUT2D eigenvalue weighted by Gasteiger charge is 2.12. The standard InChI is InChI=1S/C22H20FN3O2/c1-2-26-12-11-15-13-16(7-8-19(15)26)25-21(27)9-10-22-24-14-20(28-22)17-5-3-4-6-18(17)23/h3-8,11-14H,2,9-10H2,1H3,(H,25,27). The quantitative estimate of drug-likeness (QED) is 0.513. The van der Waals surface area contributed by atoms with E-state index in [0.717, 1.165) is 23.1 Å². The van der Waals surface area contributed by atoms with Crippen molar-refractivity contribution in [3.63, 3.8) is 0 Å². The molecule has 0 aliphatic carbocycles. The largest absolute Gasteiger partial charge is 0.441 e. The van der Waals surface area contributed by atoms with Crippen molar-refractivity contribution in [2.45, 2.75) is 26.3 Å². The Hall–Kier alpha value is -3.41. The summed E-state index contributed by atoms with van der Waals surface area (Å²) in [7, 11) is 0. The molecular formula is C22H20FN3O2. The van der Waals surface area contributed by atoms with E-state index in [2.05, 4.69) is 21.8 Å². The Morgan fingerprint density at radius 1 is 1.21 bits per heavy atom. The summed E-state index contributed by atoms with van der Waals surface area (Å²) >= 11 is 0. The number of nitrogens with one attached hydrogen (secondary N) is 1. The average molecular weight is 377 g/mol. The molecule has 0 fully saturated rings. The van der Waals surface area contributed by atoms with Crippen LogP contribution in [0.15, 0.2) is 65.3 Å². The molecule has 0 aliphatic rings. The van der Waals surface area contributed by atoms with Crippen LogP contribution in [0.1, 0.15) is 19.2 Å². The smallest absolute Gasteiger partial charge is 0.224 e. The molecule has 4 aromatic rings. The number of benzene rings is 2. The van der Waals surface area contributed by atoms with Crippen molar-refractivity contribution < 1.29 is 13.6 Å². The van der Waals surface area contributed by atoms with Crippen LogP contribution in [0.4, 0.5) is 10.1 Å². The second-order valence-corrected chi connectivity index (χ2v) is 6.52. The normalized spacial score (nSPS) is 11.1. The SMILES string of the molecule is CCn1ccc2cc(NC(=O)CCc3ncc(-c4ccccc4F)o3)ccc21. The first-order chi connectivity index (χ1) is 13.6. The number of anilines is 1. The van der Waals surface area contributed by atoms with Gasteiger partial charge in [0.05, 0.1) is 11.8 Å². The molecule has 0 saturated carbocycles. The molecule has 5 nitrogen and oxygen atoms in total. The fourth-order valence-corrected chi connectivity index (χ4v) is 3.21. The maximum absolute atomic E-state index is 13.8. The summed E-state index contributed by atoms with van der Waals surface area (Å²) in [5, 5.41) is 3.99. The summed E-state index contributed by atoms with van der Waals surface area (Å²) in [6, 6.07) is 14.3. The lowest BCUT2D eigenvalue weighted by molar-refractivity contribution is -0.116. The van der Waals surface area contributed by atoms with E-state index in [-0.39, 0.29) is 18.1 Å². The van der Waals surface area contributed by atoms with E-state index in [1.165, 1.54) is 12.3 Å². The van der Waals surface area contributed by atoms with Crippen LogP contribution in [-0.2, 0) is 17.8 Å². The number of carbonyl (C=O) groups excluding carboxylic acids is 1. The zero-order chi connectivity index (χ0) is 19.5. The molecular weight excluding hydrogens is 357 g/mol. The lowest BCUT2D eigenvalue weighted by Gasteiger charge is -2.06. The van der Waals surface area contributed by atoms with Gasteiger partial charge in [-0.1, -0.05) is 12.1 Å². The summed E-state index contributed by atoms with van der Waals surface area (Å²) in [5.41, 5.74) is 2.25. The van der Waals surface area contributed by atoms with Crippen molar-refractivity contribution in [3.05, 3.63) is 72.6 Å². The zero-order valence-corrected chi connectivity index (χ0v) is 15.5. The van der Waals surface area contributed by atoms with E-state index < -0.39 is 0 Å². The molecule has 2 aromatic carbocycles. The van der Waals surface area contributed by atoms with Gasteiger partial charge < -0.3 is 14.3 Å². The first kappa shape index (κ1) is 18.0. The van der Waals surface area contributed by atoms with Crippen LogP contribution >= 0.6 is 0 Å². The van der Waals surface area contributed by atoms with Crippen LogP contribution in [-0.4, -0.2) is 15.5 Å². The second kappa shape index (κ2) is 7.68. The van der Waals surface area contributed by atoms with Gasteiger partial charge in [-0.25, -0.2) is 9.37 Å². The first-order valence-corrected chi connectivity index (χ1v) is 9.22. The van der Waals surface area contributed by atoms with Gasteiger partial charge in [0.25, 0.3) is 0 Å². The predicted molar refractivity (Wildman–Crippen MR) is 106 cm³/mol. The van der Waals surface area contributed by atoms with Crippen LogP contribution < -0.4 is 5.32 Å². The lowest BCUT2D eigenvalue weighted by Crippen LogP contribution is -2.12. The van der Waals surface area contributed by atoms with Gasteiger partial charge in [0.15, 0.2) is 11.7 Å². The summed E-state index contributed by atoms with van der Waals surface area (Å²) < 4.78 is 21.6. The molecule has 6 heteroatoms. The van der Waals surface area contributed by atoms with Gasteiger partial charge in [-0.2, -0.15) is 0 Å². The van der Waals surface area contributed by atoms with Crippen LogP contribution in [0, 0.1) is 5.82 Å². The van der Waals surface area contributed by atoms with Gasteiger partial charge >= 0.3 is 0 Å². The van der Waals surface area contributed by atoms with Crippen LogP contribution in [0.2, 0.25) is 0 Å². The fourth-order valence-electron chi connectivity index (χ4n) is 3.21. The Balaban J connectivity index is 1.38. The number of carbonyl (C=O) groups is 1.